The SMILES string of the molecule is COc1ccc(N2CCN(C(=O)C3CCCCC3C(=O)Nc3ccc(-c4ccccc4)cc3)CC2)cc1. The van der Waals surface area contributed by atoms with Crippen LogP contribution in [0.15, 0.2) is 78.9 Å². The molecule has 37 heavy (non-hydrogen) atoms. The number of nitrogens with zero attached hydrogens (tertiary/aromatic N) is 2. The molecule has 2 unspecified atom stereocenters. The highest BCUT2D eigenvalue weighted by Gasteiger charge is 2.38. The summed E-state index contributed by atoms with van der Waals surface area (Å²) in [6.07, 6.45) is 3.52. The topological polar surface area (TPSA) is 61.9 Å². The first kappa shape index (κ1) is 24.9. The molecular formula is C31H35N3O3. The normalized spacial score (nSPS) is 19.8. The zero-order chi connectivity index (χ0) is 25.6. The van der Waals surface area contributed by atoms with Gasteiger partial charge in [-0.3, -0.25) is 9.59 Å². The highest BCUT2D eigenvalue weighted by molar-refractivity contribution is 5.96. The number of nitrogens with one attached hydrogen (secondary N) is 1. The Bertz CT molecular complexity index is 1190. The maximum atomic E-state index is 13.6. The molecule has 2 aliphatic rings. The number of rotatable bonds is 6. The minimum Gasteiger partial charge on any atom is -0.497 e. The second-order valence-electron chi connectivity index (χ2n) is 9.94. The molecule has 2 fully saturated rings. The van der Waals surface area contributed by atoms with E-state index in [4.69, 9.17) is 4.74 Å². The molecule has 0 aromatic heterocycles. The van der Waals surface area contributed by atoms with Gasteiger partial charge in [-0.15, -0.1) is 0 Å². The third-order valence-corrected chi connectivity index (χ3v) is 7.71. The Kier molecular flexibility index (Phi) is 7.73. The van der Waals surface area contributed by atoms with Gasteiger partial charge in [0.15, 0.2) is 0 Å². The maximum Gasteiger partial charge on any atom is 0.228 e. The van der Waals surface area contributed by atoms with Crippen LogP contribution in [0.25, 0.3) is 11.1 Å². The van der Waals surface area contributed by atoms with Gasteiger partial charge >= 0.3 is 0 Å². The van der Waals surface area contributed by atoms with E-state index in [2.05, 4.69) is 34.5 Å². The number of anilines is 2. The minimum absolute atomic E-state index is 0.0395. The summed E-state index contributed by atoms with van der Waals surface area (Å²) in [7, 11) is 1.67. The second-order valence-corrected chi connectivity index (χ2v) is 9.94. The predicted molar refractivity (Wildman–Crippen MR) is 148 cm³/mol. The average Bonchev–Trinajstić information content (AvgIpc) is 2.98. The van der Waals surface area contributed by atoms with Gasteiger partial charge in [0.05, 0.1) is 7.11 Å². The van der Waals surface area contributed by atoms with Gasteiger partial charge in [-0.2, -0.15) is 0 Å². The van der Waals surface area contributed by atoms with Crippen molar-refractivity contribution in [1.29, 1.82) is 0 Å². The maximum absolute atomic E-state index is 13.6. The third kappa shape index (κ3) is 5.79. The molecule has 1 saturated carbocycles. The minimum atomic E-state index is -0.283. The van der Waals surface area contributed by atoms with E-state index >= 15 is 0 Å². The van der Waals surface area contributed by atoms with Crippen molar-refractivity contribution in [3.63, 3.8) is 0 Å². The highest BCUT2D eigenvalue weighted by Crippen LogP contribution is 2.33. The quantitative estimate of drug-likeness (QED) is 0.492. The van der Waals surface area contributed by atoms with E-state index in [1.54, 1.807) is 7.11 Å². The van der Waals surface area contributed by atoms with Crippen LogP contribution >= 0.6 is 0 Å². The van der Waals surface area contributed by atoms with Gasteiger partial charge in [0.2, 0.25) is 11.8 Å². The molecule has 2 amide bonds. The summed E-state index contributed by atoms with van der Waals surface area (Å²) in [5.74, 6) is 0.405. The van der Waals surface area contributed by atoms with Crippen LogP contribution in [0.4, 0.5) is 11.4 Å². The van der Waals surface area contributed by atoms with E-state index < -0.39 is 0 Å². The lowest BCUT2D eigenvalue weighted by molar-refractivity contribution is -0.142. The van der Waals surface area contributed by atoms with Crippen molar-refractivity contribution in [1.82, 2.24) is 4.90 Å². The summed E-state index contributed by atoms with van der Waals surface area (Å²) in [6, 6.07) is 26.2. The van der Waals surface area contributed by atoms with Crippen LogP contribution in [0.1, 0.15) is 25.7 Å². The van der Waals surface area contributed by atoms with E-state index in [-0.39, 0.29) is 23.7 Å². The first-order valence-electron chi connectivity index (χ1n) is 13.3. The number of hydrogen-bond donors (Lipinski definition) is 1. The van der Waals surface area contributed by atoms with Gasteiger partial charge in [-0.1, -0.05) is 55.3 Å². The van der Waals surface area contributed by atoms with Crippen LogP contribution in [0, 0.1) is 11.8 Å². The van der Waals surface area contributed by atoms with Crippen molar-refractivity contribution in [2.75, 3.05) is 43.5 Å². The fourth-order valence-electron chi connectivity index (χ4n) is 5.56. The summed E-state index contributed by atoms with van der Waals surface area (Å²) < 4.78 is 5.26. The van der Waals surface area contributed by atoms with Crippen molar-refractivity contribution in [2.24, 2.45) is 11.8 Å². The number of carbonyl (C=O) groups is 2. The molecule has 1 aliphatic heterocycles. The summed E-state index contributed by atoms with van der Waals surface area (Å²) in [4.78, 5) is 31.1. The third-order valence-electron chi connectivity index (χ3n) is 7.71. The number of piperazine rings is 1. The number of methoxy groups -OCH3 is 1. The van der Waals surface area contributed by atoms with Crippen LogP contribution in [0.5, 0.6) is 5.75 Å². The summed E-state index contributed by atoms with van der Waals surface area (Å²) in [5.41, 5.74) is 4.17. The Hall–Kier alpha value is -3.80. The van der Waals surface area contributed by atoms with E-state index in [1.807, 2.05) is 59.5 Å². The zero-order valence-electron chi connectivity index (χ0n) is 21.4. The van der Waals surface area contributed by atoms with Gasteiger partial charge in [-0.25, -0.2) is 0 Å². The Morgan fingerprint density at radius 2 is 1.38 bits per heavy atom. The summed E-state index contributed by atoms with van der Waals surface area (Å²) in [6.45, 7) is 2.93. The highest BCUT2D eigenvalue weighted by atomic mass is 16.5. The summed E-state index contributed by atoms with van der Waals surface area (Å²) in [5, 5.41) is 3.09. The molecule has 1 N–H and O–H groups in total. The number of carbonyl (C=O) groups excluding carboxylic acids is 2. The number of ether oxygens (including phenoxy) is 1. The van der Waals surface area contributed by atoms with E-state index in [0.717, 1.165) is 67.0 Å². The Morgan fingerprint density at radius 3 is 2.03 bits per heavy atom. The first-order valence-corrected chi connectivity index (χ1v) is 13.3. The molecule has 2 atom stereocenters. The molecular weight excluding hydrogens is 462 g/mol. The van der Waals surface area contributed by atoms with Gasteiger partial charge in [0.1, 0.15) is 5.75 Å². The van der Waals surface area contributed by atoms with Crippen molar-refractivity contribution in [3.05, 3.63) is 78.9 Å². The van der Waals surface area contributed by atoms with Crippen LogP contribution in [0.3, 0.4) is 0 Å². The van der Waals surface area contributed by atoms with Crippen molar-refractivity contribution < 1.29 is 14.3 Å². The molecule has 0 radical (unpaired) electrons. The van der Waals surface area contributed by atoms with Crippen LogP contribution in [-0.4, -0.2) is 50.0 Å². The molecule has 5 rings (SSSR count). The fraction of sp³-hybridized carbons (Fsp3) is 0.355. The van der Waals surface area contributed by atoms with E-state index in [1.165, 1.54) is 0 Å². The van der Waals surface area contributed by atoms with E-state index in [9.17, 15) is 9.59 Å². The Balaban J connectivity index is 1.19. The monoisotopic (exact) mass is 497 g/mol. The van der Waals surface area contributed by atoms with Crippen molar-refractivity contribution in [3.8, 4) is 16.9 Å². The molecule has 1 aliphatic carbocycles. The second kappa shape index (κ2) is 11.5. The van der Waals surface area contributed by atoms with Gasteiger partial charge < -0.3 is 19.9 Å². The molecule has 3 aromatic carbocycles. The summed E-state index contributed by atoms with van der Waals surface area (Å²) >= 11 is 0. The molecule has 0 bridgehead atoms. The van der Waals surface area contributed by atoms with Crippen molar-refractivity contribution in [2.45, 2.75) is 25.7 Å². The lowest BCUT2D eigenvalue weighted by atomic mass is 9.77. The van der Waals surface area contributed by atoms with Crippen LogP contribution in [-0.2, 0) is 9.59 Å². The molecule has 0 spiro atoms. The molecule has 1 heterocycles. The van der Waals surface area contributed by atoms with Gasteiger partial charge in [0, 0.05) is 49.4 Å². The number of hydrogen-bond acceptors (Lipinski definition) is 4. The van der Waals surface area contributed by atoms with Gasteiger partial charge in [-0.05, 0) is 60.4 Å². The number of benzene rings is 3. The fourth-order valence-corrected chi connectivity index (χ4v) is 5.56. The van der Waals surface area contributed by atoms with Crippen LogP contribution < -0.4 is 15.0 Å². The Labute approximate surface area is 219 Å². The van der Waals surface area contributed by atoms with E-state index in [0.29, 0.717) is 13.1 Å². The lowest BCUT2D eigenvalue weighted by Gasteiger charge is -2.39. The standard InChI is InChI=1S/C31H35N3O3/c1-37-27-17-15-26(16-18-27)33-19-21-34(22-20-33)31(36)29-10-6-5-9-28(29)30(35)32-25-13-11-24(12-14-25)23-7-3-2-4-8-23/h2-4,7-8,11-18,28-29H,5-6,9-10,19-22H2,1H3,(H,32,35). The average molecular weight is 498 g/mol. The number of amides is 2. The largest absolute Gasteiger partial charge is 0.497 e. The zero-order valence-corrected chi connectivity index (χ0v) is 21.4. The smallest absolute Gasteiger partial charge is 0.228 e. The Morgan fingerprint density at radius 1 is 0.757 bits per heavy atom. The van der Waals surface area contributed by atoms with Gasteiger partial charge in [0.25, 0.3) is 0 Å². The first-order chi connectivity index (χ1) is 18.1. The lowest BCUT2D eigenvalue weighted by Crippen LogP contribution is -2.52. The molecule has 6 nitrogen and oxygen atoms in total. The molecule has 1 saturated heterocycles. The predicted octanol–water partition coefficient (Wildman–Crippen LogP) is 5.46. The molecule has 192 valence electrons. The molecule has 3 aromatic rings. The van der Waals surface area contributed by atoms with Crippen molar-refractivity contribution >= 4 is 23.2 Å². The molecule has 6 heteroatoms. The van der Waals surface area contributed by atoms with Crippen LogP contribution in [0.2, 0.25) is 0 Å².